The Kier molecular flexibility index (Phi) is 5.45. The van der Waals surface area contributed by atoms with E-state index in [1.807, 2.05) is 44.2 Å². The molecule has 1 aromatic heterocycles. The zero-order valence-corrected chi connectivity index (χ0v) is 15.6. The standard InChI is InChI=1S/C21H22N2O4/c1-13-5-4-6-14(2)21(13)23-20(25)11-22-19(24)9-15-12-27-18-10-16(26-3)7-8-17(15)18/h4-8,10,12H,9,11H2,1-3H3,(H,22,24)(H,23,25). The minimum Gasteiger partial charge on any atom is -0.497 e. The van der Waals surface area contributed by atoms with Crippen molar-refractivity contribution >= 4 is 28.5 Å². The summed E-state index contributed by atoms with van der Waals surface area (Å²) in [5, 5.41) is 6.35. The summed E-state index contributed by atoms with van der Waals surface area (Å²) >= 11 is 0. The predicted octanol–water partition coefficient (Wildman–Crippen LogP) is 3.36. The van der Waals surface area contributed by atoms with E-state index in [0.29, 0.717) is 11.3 Å². The highest BCUT2D eigenvalue weighted by molar-refractivity contribution is 5.96. The van der Waals surface area contributed by atoms with Gasteiger partial charge in [-0.15, -0.1) is 0 Å². The molecule has 0 bridgehead atoms. The van der Waals surface area contributed by atoms with Gasteiger partial charge >= 0.3 is 0 Å². The molecule has 2 aromatic carbocycles. The van der Waals surface area contributed by atoms with Gasteiger partial charge in [-0.25, -0.2) is 0 Å². The van der Waals surface area contributed by atoms with Crippen molar-refractivity contribution in [3.63, 3.8) is 0 Å². The van der Waals surface area contributed by atoms with E-state index in [0.717, 1.165) is 27.8 Å². The molecule has 0 radical (unpaired) electrons. The van der Waals surface area contributed by atoms with Crippen molar-refractivity contribution < 1.29 is 18.7 Å². The van der Waals surface area contributed by atoms with Crippen LogP contribution in [0.3, 0.4) is 0 Å². The van der Waals surface area contributed by atoms with Crippen molar-refractivity contribution in [2.45, 2.75) is 20.3 Å². The highest BCUT2D eigenvalue weighted by Crippen LogP contribution is 2.25. The summed E-state index contributed by atoms with van der Waals surface area (Å²) in [5.74, 6) is 0.184. The lowest BCUT2D eigenvalue weighted by Crippen LogP contribution is -2.34. The van der Waals surface area contributed by atoms with Crippen LogP contribution in [0.4, 0.5) is 5.69 Å². The second-order valence-electron chi connectivity index (χ2n) is 6.39. The van der Waals surface area contributed by atoms with E-state index in [9.17, 15) is 9.59 Å². The van der Waals surface area contributed by atoms with Crippen LogP contribution in [0.2, 0.25) is 0 Å². The van der Waals surface area contributed by atoms with Gasteiger partial charge in [0.2, 0.25) is 11.8 Å². The molecule has 0 saturated carbocycles. The lowest BCUT2D eigenvalue weighted by atomic mass is 10.1. The Hall–Kier alpha value is -3.28. The maximum Gasteiger partial charge on any atom is 0.243 e. The summed E-state index contributed by atoms with van der Waals surface area (Å²) in [6.45, 7) is 3.77. The molecule has 0 aliphatic carbocycles. The number of ether oxygens (including phenoxy) is 1. The fourth-order valence-electron chi connectivity index (χ4n) is 2.94. The first-order valence-corrected chi connectivity index (χ1v) is 8.65. The van der Waals surface area contributed by atoms with Crippen LogP contribution in [-0.2, 0) is 16.0 Å². The highest BCUT2D eigenvalue weighted by Gasteiger charge is 2.13. The molecule has 0 aliphatic rings. The third-order valence-corrected chi connectivity index (χ3v) is 4.41. The number of carbonyl (C=O) groups is 2. The number of anilines is 1. The normalized spacial score (nSPS) is 10.6. The number of hydrogen-bond acceptors (Lipinski definition) is 4. The molecule has 27 heavy (non-hydrogen) atoms. The molecule has 0 saturated heterocycles. The van der Waals surface area contributed by atoms with Crippen molar-refractivity contribution in [2.75, 3.05) is 19.0 Å². The fourth-order valence-corrected chi connectivity index (χ4v) is 2.94. The summed E-state index contributed by atoms with van der Waals surface area (Å²) < 4.78 is 10.6. The summed E-state index contributed by atoms with van der Waals surface area (Å²) in [5.41, 5.74) is 4.17. The van der Waals surface area contributed by atoms with Gasteiger partial charge in [0.1, 0.15) is 11.3 Å². The van der Waals surface area contributed by atoms with Crippen LogP contribution in [0.25, 0.3) is 11.0 Å². The Bertz CT molecular complexity index is 971. The lowest BCUT2D eigenvalue weighted by molar-refractivity contribution is -0.123. The van der Waals surface area contributed by atoms with E-state index < -0.39 is 0 Å². The van der Waals surface area contributed by atoms with Gasteiger partial charge in [-0.1, -0.05) is 18.2 Å². The van der Waals surface area contributed by atoms with E-state index in [1.165, 1.54) is 0 Å². The second-order valence-corrected chi connectivity index (χ2v) is 6.39. The largest absolute Gasteiger partial charge is 0.497 e. The number of para-hydroxylation sites is 1. The predicted molar refractivity (Wildman–Crippen MR) is 104 cm³/mol. The van der Waals surface area contributed by atoms with Gasteiger partial charge in [-0.2, -0.15) is 0 Å². The Morgan fingerprint density at radius 2 is 1.81 bits per heavy atom. The molecule has 0 atom stereocenters. The minimum absolute atomic E-state index is 0.0871. The molecule has 2 amide bonds. The number of aryl methyl sites for hydroxylation is 2. The molecule has 6 heteroatoms. The molecule has 0 spiro atoms. The van der Waals surface area contributed by atoms with E-state index >= 15 is 0 Å². The van der Waals surface area contributed by atoms with Gasteiger partial charge in [0.05, 0.1) is 26.3 Å². The third-order valence-electron chi connectivity index (χ3n) is 4.41. The molecule has 0 fully saturated rings. The van der Waals surface area contributed by atoms with Gasteiger partial charge in [-0.3, -0.25) is 9.59 Å². The summed E-state index contributed by atoms with van der Waals surface area (Å²) in [7, 11) is 1.59. The fraction of sp³-hybridized carbons (Fsp3) is 0.238. The van der Waals surface area contributed by atoms with Gasteiger partial charge in [0.15, 0.2) is 0 Å². The van der Waals surface area contributed by atoms with Crippen molar-refractivity contribution in [2.24, 2.45) is 0 Å². The number of rotatable bonds is 6. The Morgan fingerprint density at radius 3 is 2.52 bits per heavy atom. The van der Waals surface area contributed by atoms with Crippen LogP contribution in [0.1, 0.15) is 16.7 Å². The van der Waals surface area contributed by atoms with Crippen LogP contribution in [0.5, 0.6) is 5.75 Å². The molecule has 0 unspecified atom stereocenters. The number of furan rings is 1. The van der Waals surface area contributed by atoms with Crippen LogP contribution < -0.4 is 15.4 Å². The Balaban J connectivity index is 1.57. The van der Waals surface area contributed by atoms with E-state index in [4.69, 9.17) is 9.15 Å². The quantitative estimate of drug-likeness (QED) is 0.701. The number of methoxy groups -OCH3 is 1. The first-order chi connectivity index (χ1) is 13.0. The summed E-state index contributed by atoms with van der Waals surface area (Å²) in [4.78, 5) is 24.4. The van der Waals surface area contributed by atoms with Crippen LogP contribution in [0, 0.1) is 13.8 Å². The average molecular weight is 366 g/mol. The Labute approximate surface area is 157 Å². The number of hydrogen-bond donors (Lipinski definition) is 2. The molecule has 3 rings (SSSR count). The monoisotopic (exact) mass is 366 g/mol. The molecule has 0 aliphatic heterocycles. The topological polar surface area (TPSA) is 80.6 Å². The maximum atomic E-state index is 12.2. The molecule has 6 nitrogen and oxygen atoms in total. The van der Waals surface area contributed by atoms with Gasteiger partial charge in [-0.05, 0) is 37.1 Å². The SMILES string of the molecule is COc1ccc2c(CC(=O)NCC(=O)Nc3c(C)cccc3C)coc2c1. The number of fused-ring (bicyclic) bond motifs is 1. The maximum absolute atomic E-state index is 12.2. The lowest BCUT2D eigenvalue weighted by Gasteiger charge is -2.11. The van der Waals surface area contributed by atoms with Gasteiger partial charge in [0, 0.05) is 22.7 Å². The number of nitrogens with one attached hydrogen (secondary N) is 2. The summed E-state index contributed by atoms with van der Waals surface area (Å²) in [6.07, 6.45) is 1.69. The van der Waals surface area contributed by atoms with Crippen molar-refractivity contribution in [3.05, 3.63) is 59.4 Å². The summed E-state index contributed by atoms with van der Waals surface area (Å²) in [6, 6.07) is 11.2. The number of carbonyl (C=O) groups excluding carboxylic acids is 2. The minimum atomic E-state index is -0.262. The van der Waals surface area contributed by atoms with Crippen molar-refractivity contribution in [1.29, 1.82) is 0 Å². The smallest absolute Gasteiger partial charge is 0.243 e. The van der Waals surface area contributed by atoms with Gasteiger partial charge < -0.3 is 19.8 Å². The Morgan fingerprint density at radius 1 is 1.07 bits per heavy atom. The van der Waals surface area contributed by atoms with E-state index in [2.05, 4.69) is 10.6 Å². The number of benzene rings is 2. The zero-order valence-electron chi connectivity index (χ0n) is 15.6. The van der Waals surface area contributed by atoms with Crippen LogP contribution >= 0.6 is 0 Å². The van der Waals surface area contributed by atoms with Crippen molar-refractivity contribution in [1.82, 2.24) is 5.32 Å². The first-order valence-electron chi connectivity index (χ1n) is 8.65. The van der Waals surface area contributed by atoms with E-state index in [1.54, 1.807) is 19.4 Å². The highest BCUT2D eigenvalue weighted by atomic mass is 16.5. The first kappa shape index (κ1) is 18.5. The third kappa shape index (κ3) is 4.28. The molecular formula is C21H22N2O4. The van der Waals surface area contributed by atoms with Gasteiger partial charge in [0.25, 0.3) is 0 Å². The molecule has 140 valence electrons. The number of amides is 2. The van der Waals surface area contributed by atoms with Crippen LogP contribution in [0.15, 0.2) is 47.1 Å². The zero-order chi connectivity index (χ0) is 19.4. The molecule has 1 heterocycles. The van der Waals surface area contributed by atoms with Crippen LogP contribution in [-0.4, -0.2) is 25.5 Å². The molecule has 3 aromatic rings. The molecular weight excluding hydrogens is 344 g/mol. The second kappa shape index (κ2) is 7.95. The van der Waals surface area contributed by atoms with Crippen molar-refractivity contribution in [3.8, 4) is 5.75 Å². The van der Waals surface area contributed by atoms with E-state index in [-0.39, 0.29) is 24.8 Å². The average Bonchev–Trinajstić information content (AvgIpc) is 3.05. The molecule has 2 N–H and O–H groups in total.